The number of aromatic nitrogens is 1. The molecule has 128 valence electrons. The van der Waals surface area contributed by atoms with Crippen molar-refractivity contribution >= 4 is 17.6 Å². The number of nitrogens with zero attached hydrogens (tertiary/aromatic N) is 3. The van der Waals surface area contributed by atoms with Gasteiger partial charge in [-0.05, 0) is 42.0 Å². The van der Waals surface area contributed by atoms with Gasteiger partial charge in [-0.25, -0.2) is 4.68 Å². The van der Waals surface area contributed by atoms with Crippen LogP contribution in [0.4, 0.5) is 0 Å². The van der Waals surface area contributed by atoms with E-state index in [4.69, 9.17) is 4.74 Å². The predicted octanol–water partition coefficient (Wildman–Crippen LogP) is 3.05. The number of thiazole rings is 1. The van der Waals surface area contributed by atoms with Crippen LogP contribution in [-0.2, 0) is 0 Å². The maximum Gasteiger partial charge on any atom is 0.205 e. The average molecular weight is 355 g/mol. The van der Waals surface area contributed by atoms with E-state index >= 15 is 0 Å². The van der Waals surface area contributed by atoms with Gasteiger partial charge in [-0.1, -0.05) is 0 Å². The van der Waals surface area contributed by atoms with Crippen molar-refractivity contribution in [2.75, 3.05) is 14.2 Å². The molecule has 2 N–H and O–H groups in total. The first-order valence-corrected chi connectivity index (χ1v) is 8.34. The topological polar surface area (TPSA) is 79.3 Å². The van der Waals surface area contributed by atoms with Crippen molar-refractivity contribution in [3.8, 4) is 28.5 Å². The van der Waals surface area contributed by atoms with Crippen molar-refractivity contribution in [1.29, 1.82) is 0 Å². The lowest BCUT2D eigenvalue weighted by Gasteiger charge is -2.06. The van der Waals surface area contributed by atoms with Crippen LogP contribution in [0.25, 0.3) is 11.3 Å². The normalized spacial score (nSPS) is 12.0. The number of phenolic OH excluding ortho intramolecular Hbond substituents is 2. The van der Waals surface area contributed by atoms with Crippen molar-refractivity contribution in [3.63, 3.8) is 0 Å². The van der Waals surface area contributed by atoms with E-state index in [9.17, 15) is 10.2 Å². The maximum atomic E-state index is 10.1. The summed E-state index contributed by atoms with van der Waals surface area (Å²) >= 11 is 1.41. The smallest absolute Gasteiger partial charge is 0.205 e. The highest BCUT2D eigenvalue weighted by molar-refractivity contribution is 7.07. The Morgan fingerprint density at radius 2 is 1.88 bits per heavy atom. The van der Waals surface area contributed by atoms with Crippen LogP contribution in [-0.4, -0.2) is 35.3 Å². The molecular weight excluding hydrogens is 338 g/mol. The second-order valence-electron chi connectivity index (χ2n) is 5.16. The van der Waals surface area contributed by atoms with Gasteiger partial charge >= 0.3 is 0 Å². The number of benzene rings is 2. The average Bonchev–Trinajstić information content (AvgIpc) is 3.03. The lowest BCUT2D eigenvalue weighted by atomic mass is 10.1. The predicted molar refractivity (Wildman–Crippen MR) is 98.5 cm³/mol. The Morgan fingerprint density at radius 3 is 2.52 bits per heavy atom. The molecule has 0 radical (unpaired) electrons. The second kappa shape index (κ2) is 7.23. The molecule has 0 unspecified atom stereocenters. The zero-order valence-corrected chi connectivity index (χ0v) is 14.6. The van der Waals surface area contributed by atoms with Gasteiger partial charge in [-0.2, -0.15) is 5.10 Å². The second-order valence-corrected chi connectivity index (χ2v) is 5.99. The molecule has 0 saturated heterocycles. The van der Waals surface area contributed by atoms with Gasteiger partial charge in [-0.15, -0.1) is 11.3 Å². The molecule has 0 aliphatic carbocycles. The lowest BCUT2D eigenvalue weighted by molar-refractivity contribution is 0.415. The van der Waals surface area contributed by atoms with Crippen molar-refractivity contribution in [2.24, 2.45) is 10.1 Å². The van der Waals surface area contributed by atoms with E-state index in [1.54, 1.807) is 31.1 Å². The summed E-state index contributed by atoms with van der Waals surface area (Å²) in [6.45, 7) is 0. The van der Waals surface area contributed by atoms with Crippen LogP contribution in [0, 0.1) is 0 Å². The standard InChI is InChI=1S/C18H17N3O3S/c1-19-18-21(20-10-12-3-6-14(24-2)7-4-12)16(11-25-18)15-8-5-13(22)9-17(15)23/h3-11,22-23H,1-2H3/b19-18?,20-10+. The fraction of sp³-hybridized carbons (Fsp3) is 0.111. The Kier molecular flexibility index (Phi) is 4.85. The number of ether oxygens (including phenoxy) is 1. The summed E-state index contributed by atoms with van der Waals surface area (Å²) in [4.78, 5) is 4.91. The first kappa shape index (κ1) is 16.8. The molecule has 25 heavy (non-hydrogen) atoms. The summed E-state index contributed by atoms with van der Waals surface area (Å²) in [5.41, 5.74) is 2.16. The summed E-state index contributed by atoms with van der Waals surface area (Å²) in [5, 5.41) is 26.0. The Balaban J connectivity index is 2.03. The Hall–Kier alpha value is -3.06. The fourth-order valence-corrected chi connectivity index (χ4v) is 3.09. The number of rotatable bonds is 4. The van der Waals surface area contributed by atoms with Gasteiger partial charge in [0.05, 0.1) is 19.0 Å². The molecule has 6 nitrogen and oxygen atoms in total. The van der Waals surface area contributed by atoms with Crippen molar-refractivity contribution in [3.05, 3.63) is 58.2 Å². The minimum absolute atomic E-state index is 0.00478. The van der Waals surface area contributed by atoms with Crippen molar-refractivity contribution in [1.82, 2.24) is 4.68 Å². The summed E-state index contributed by atoms with van der Waals surface area (Å²) in [7, 11) is 3.31. The molecule has 0 spiro atoms. The summed E-state index contributed by atoms with van der Waals surface area (Å²) in [5.74, 6) is 0.762. The van der Waals surface area contributed by atoms with Gasteiger partial charge in [0, 0.05) is 24.1 Å². The monoisotopic (exact) mass is 355 g/mol. The van der Waals surface area contributed by atoms with Crippen LogP contribution in [0.2, 0.25) is 0 Å². The third kappa shape index (κ3) is 3.56. The first-order chi connectivity index (χ1) is 12.1. The van der Waals surface area contributed by atoms with Gasteiger partial charge < -0.3 is 14.9 Å². The quantitative estimate of drug-likeness (QED) is 0.706. The molecular formula is C18H17N3O3S. The molecule has 2 aromatic carbocycles. The van der Waals surface area contributed by atoms with E-state index in [1.165, 1.54) is 23.5 Å². The number of hydrogen-bond donors (Lipinski definition) is 2. The lowest BCUT2D eigenvalue weighted by Crippen LogP contribution is -2.11. The fourth-order valence-electron chi connectivity index (χ4n) is 2.30. The third-order valence-electron chi connectivity index (χ3n) is 3.57. The summed E-state index contributed by atoms with van der Waals surface area (Å²) in [6, 6.07) is 12.0. The van der Waals surface area contributed by atoms with Crippen molar-refractivity contribution in [2.45, 2.75) is 0 Å². The Bertz CT molecular complexity index is 972. The largest absolute Gasteiger partial charge is 0.508 e. The van der Waals surface area contributed by atoms with Crippen LogP contribution in [0.5, 0.6) is 17.2 Å². The molecule has 7 heteroatoms. The maximum absolute atomic E-state index is 10.1. The van der Waals surface area contributed by atoms with E-state index < -0.39 is 0 Å². The molecule has 3 rings (SSSR count). The molecule has 0 atom stereocenters. The zero-order valence-electron chi connectivity index (χ0n) is 13.7. The number of phenols is 2. The third-order valence-corrected chi connectivity index (χ3v) is 4.48. The highest BCUT2D eigenvalue weighted by Crippen LogP contribution is 2.32. The highest BCUT2D eigenvalue weighted by Gasteiger charge is 2.11. The van der Waals surface area contributed by atoms with E-state index in [0.29, 0.717) is 16.1 Å². The van der Waals surface area contributed by atoms with Crippen LogP contribution in [0.3, 0.4) is 0 Å². The summed E-state index contributed by atoms with van der Waals surface area (Å²) in [6.07, 6.45) is 1.71. The Morgan fingerprint density at radius 1 is 1.12 bits per heavy atom. The molecule has 0 fully saturated rings. The molecule has 1 heterocycles. The van der Waals surface area contributed by atoms with Gasteiger partial charge in [0.2, 0.25) is 4.80 Å². The van der Waals surface area contributed by atoms with Crippen molar-refractivity contribution < 1.29 is 14.9 Å². The minimum Gasteiger partial charge on any atom is -0.508 e. The van der Waals surface area contributed by atoms with E-state index in [1.807, 2.05) is 29.6 Å². The highest BCUT2D eigenvalue weighted by atomic mass is 32.1. The van der Waals surface area contributed by atoms with Crippen LogP contribution >= 0.6 is 11.3 Å². The van der Waals surface area contributed by atoms with E-state index in [0.717, 1.165) is 11.3 Å². The van der Waals surface area contributed by atoms with E-state index in [2.05, 4.69) is 10.1 Å². The molecule has 1 aromatic heterocycles. The van der Waals surface area contributed by atoms with Crippen LogP contribution < -0.4 is 9.54 Å². The molecule has 0 amide bonds. The van der Waals surface area contributed by atoms with Gasteiger partial charge in [0.15, 0.2) is 0 Å². The summed E-state index contributed by atoms with van der Waals surface area (Å²) < 4.78 is 6.80. The first-order valence-electron chi connectivity index (χ1n) is 7.46. The number of aromatic hydroxyl groups is 2. The molecule has 0 aliphatic heterocycles. The molecule has 0 aliphatic rings. The zero-order chi connectivity index (χ0) is 17.8. The van der Waals surface area contributed by atoms with Crippen LogP contribution in [0.1, 0.15) is 5.56 Å². The van der Waals surface area contributed by atoms with Crippen LogP contribution in [0.15, 0.2) is 57.9 Å². The van der Waals surface area contributed by atoms with Gasteiger partial charge in [0.1, 0.15) is 17.2 Å². The number of methoxy groups -OCH3 is 1. The minimum atomic E-state index is -0.0196. The molecule has 0 bridgehead atoms. The molecule has 0 saturated carbocycles. The van der Waals surface area contributed by atoms with E-state index in [-0.39, 0.29) is 11.5 Å². The number of hydrogen-bond acceptors (Lipinski definition) is 6. The Labute approximate surface area is 148 Å². The van der Waals surface area contributed by atoms with Gasteiger partial charge in [0.25, 0.3) is 0 Å². The molecule has 3 aromatic rings. The SMILES string of the molecule is CN=c1scc(-c2ccc(O)cc2O)n1/N=C/c1ccc(OC)cc1. The van der Waals surface area contributed by atoms with Gasteiger partial charge in [-0.3, -0.25) is 4.99 Å².